The van der Waals surface area contributed by atoms with Gasteiger partial charge in [0.15, 0.2) is 0 Å². The van der Waals surface area contributed by atoms with Crippen LogP contribution in [0, 0.1) is 11.8 Å². The SMILES string of the molecule is O=C(O)C1CCN(C(=O)C2CCOCC2)CC1. The highest BCUT2D eigenvalue weighted by Crippen LogP contribution is 2.22. The van der Waals surface area contributed by atoms with E-state index in [1.807, 2.05) is 4.90 Å². The lowest BCUT2D eigenvalue weighted by Crippen LogP contribution is -2.44. The van der Waals surface area contributed by atoms with Gasteiger partial charge in [0, 0.05) is 32.2 Å². The van der Waals surface area contributed by atoms with Crippen molar-refractivity contribution in [2.45, 2.75) is 25.7 Å². The van der Waals surface area contributed by atoms with E-state index >= 15 is 0 Å². The molecular formula is C12H19NO4. The first-order valence-corrected chi connectivity index (χ1v) is 6.28. The molecule has 0 spiro atoms. The molecule has 0 aromatic carbocycles. The van der Waals surface area contributed by atoms with Gasteiger partial charge >= 0.3 is 5.97 Å². The van der Waals surface area contributed by atoms with Crippen LogP contribution in [0.15, 0.2) is 0 Å². The van der Waals surface area contributed by atoms with E-state index in [0.717, 1.165) is 12.8 Å². The molecule has 17 heavy (non-hydrogen) atoms. The molecule has 2 aliphatic rings. The van der Waals surface area contributed by atoms with Gasteiger partial charge < -0.3 is 14.7 Å². The third kappa shape index (κ3) is 2.97. The maximum atomic E-state index is 12.2. The number of carboxylic acids is 1. The molecule has 96 valence electrons. The third-order valence-corrected chi connectivity index (χ3v) is 3.73. The van der Waals surface area contributed by atoms with Crippen LogP contribution in [0.1, 0.15) is 25.7 Å². The minimum atomic E-state index is -0.733. The van der Waals surface area contributed by atoms with Crippen LogP contribution in [-0.2, 0) is 14.3 Å². The van der Waals surface area contributed by atoms with Gasteiger partial charge in [0.2, 0.25) is 5.91 Å². The molecule has 2 saturated heterocycles. The molecular weight excluding hydrogens is 222 g/mol. The van der Waals surface area contributed by atoms with E-state index in [1.165, 1.54) is 0 Å². The zero-order valence-corrected chi connectivity index (χ0v) is 9.93. The lowest BCUT2D eigenvalue weighted by molar-refractivity contribution is -0.147. The Balaban J connectivity index is 1.83. The predicted molar refractivity (Wildman–Crippen MR) is 60.5 cm³/mol. The monoisotopic (exact) mass is 241 g/mol. The lowest BCUT2D eigenvalue weighted by Gasteiger charge is -2.33. The summed E-state index contributed by atoms with van der Waals surface area (Å²) < 4.78 is 5.24. The van der Waals surface area contributed by atoms with Crippen LogP contribution in [0.25, 0.3) is 0 Å². The van der Waals surface area contributed by atoms with Gasteiger partial charge in [0.1, 0.15) is 0 Å². The summed E-state index contributed by atoms with van der Waals surface area (Å²) in [7, 11) is 0. The molecule has 2 rings (SSSR count). The topological polar surface area (TPSA) is 66.8 Å². The Kier molecular flexibility index (Phi) is 3.99. The average molecular weight is 241 g/mol. The van der Waals surface area contributed by atoms with Crippen LogP contribution in [-0.4, -0.2) is 48.2 Å². The fourth-order valence-corrected chi connectivity index (χ4v) is 2.55. The molecule has 0 unspecified atom stereocenters. The molecule has 0 aromatic heterocycles. The number of amides is 1. The van der Waals surface area contributed by atoms with Crippen molar-refractivity contribution in [2.24, 2.45) is 11.8 Å². The van der Waals surface area contributed by atoms with E-state index in [-0.39, 0.29) is 17.7 Å². The van der Waals surface area contributed by atoms with E-state index < -0.39 is 5.97 Å². The number of rotatable bonds is 2. The number of nitrogens with zero attached hydrogens (tertiary/aromatic N) is 1. The molecule has 5 heteroatoms. The molecule has 0 saturated carbocycles. The van der Waals surface area contributed by atoms with Crippen LogP contribution in [0.4, 0.5) is 0 Å². The largest absolute Gasteiger partial charge is 0.481 e. The first-order chi connectivity index (χ1) is 8.18. The summed E-state index contributed by atoms with van der Waals surface area (Å²) >= 11 is 0. The molecule has 2 aliphatic heterocycles. The van der Waals surface area contributed by atoms with Crippen LogP contribution in [0.2, 0.25) is 0 Å². The predicted octanol–water partition coefficient (Wildman–Crippen LogP) is 0.736. The van der Waals surface area contributed by atoms with E-state index in [2.05, 4.69) is 0 Å². The number of carbonyl (C=O) groups is 2. The molecule has 2 heterocycles. The molecule has 2 fully saturated rings. The van der Waals surface area contributed by atoms with Crippen LogP contribution < -0.4 is 0 Å². The second-order valence-corrected chi connectivity index (χ2v) is 4.82. The Labute approximate surface area is 101 Å². The number of hydrogen-bond donors (Lipinski definition) is 1. The van der Waals surface area contributed by atoms with Gasteiger partial charge in [-0.1, -0.05) is 0 Å². The zero-order chi connectivity index (χ0) is 12.3. The van der Waals surface area contributed by atoms with Gasteiger partial charge in [-0.15, -0.1) is 0 Å². The second-order valence-electron chi connectivity index (χ2n) is 4.82. The normalized spacial score (nSPS) is 23.6. The highest BCUT2D eigenvalue weighted by molar-refractivity contribution is 5.79. The number of piperidine rings is 1. The number of carboxylic acid groups (broad SMARTS) is 1. The molecule has 0 atom stereocenters. The summed E-state index contributed by atoms with van der Waals surface area (Å²) in [4.78, 5) is 24.8. The summed E-state index contributed by atoms with van der Waals surface area (Å²) in [6.45, 7) is 2.52. The third-order valence-electron chi connectivity index (χ3n) is 3.73. The van der Waals surface area contributed by atoms with Crippen molar-refractivity contribution in [1.82, 2.24) is 4.90 Å². The van der Waals surface area contributed by atoms with Gasteiger partial charge in [-0.25, -0.2) is 0 Å². The highest BCUT2D eigenvalue weighted by atomic mass is 16.5. The van der Waals surface area contributed by atoms with Crippen LogP contribution in [0.3, 0.4) is 0 Å². The first kappa shape index (κ1) is 12.4. The molecule has 5 nitrogen and oxygen atoms in total. The summed E-state index contributed by atoms with van der Waals surface area (Å²) in [5, 5.41) is 8.89. The Hall–Kier alpha value is -1.10. The average Bonchev–Trinajstić information content (AvgIpc) is 2.39. The number of carbonyl (C=O) groups excluding carboxylic acids is 1. The maximum absolute atomic E-state index is 12.2. The fourth-order valence-electron chi connectivity index (χ4n) is 2.55. The minimum Gasteiger partial charge on any atom is -0.481 e. The molecule has 0 bridgehead atoms. The smallest absolute Gasteiger partial charge is 0.306 e. The number of likely N-dealkylation sites (tertiary alicyclic amines) is 1. The molecule has 0 aromatic rings. The van der Waals surface area contributed by atoms with Gasteiger partial charge in [-0.2, -0.15) is 0 Å². The Morgan fingerprint density at radius 1 is 1.00 bits per heavy atom. The zero-order valence-electron chi connectivity index (χ0n) is 9.93. The van der Waals surface area contributed by atoms with Gasteiger partial charge in [-0.05, 0) is 25.7 Å². The second kappa shape index (κ2) is 5.49. The van der Waals surface area contributed by atoms with Crippen molar-refractivity contribution in [3.8, 4) is 0 Å². The number of ether oxygens (including phenoxy) is 1. The van der Waals surface area contributed by atoms with Gasteiger partial charge in [0.05, 0.1) is 5.92 Å². The van der Waals surface area contributed by atoms with Crippen molar-refractivity contribution in [3.05, 3.63) is 0 Å². The summed E-state index contributed by atoms with van der Waals surface area (Å²) in [6, 6.07) is 0. The van der Waals surface area contributed by atoms with E-state index in [0.29, 0.717) is 39.1 Å². The molecule has 1 amide bonds. The minimum absolute atomic E-state index is 0.0881. The van der Waals surface area contributed by atoms with E-state index in [9.17, 15) is 9.59 Å². The standard InChI is InChI=1S/C12H19NO4/c14-11(9-3-7-17-8-4-9)13-5-1-10(2-6-13)12(15)16/h9-10H,1-8H2,(H,15,16). The van der Waals surface area contributed by atoms with Crippen molar-refractivity contribution in [1.29, 1.82) is 0 Å². The highest BCUT2D eigenvalue weighted by Gasteiger charge is 2.31. The van der Waals surface area contributed by atoms with Crippen LogP contribution >= 0.6 is 0 Å². The van der Waals surface area contributed by atoms with Crippen molar-refractivity contribution >= 4 is 11.9 Å². The van der Waals surface area contributed by atoms with Crippen molar-refractivity contribution in [3.63, 3.8) is 0 Å². The van der Waals surface area contributed by atoms with Crippen molar-refractivity contribution in [2.75, 3.05) is 26.3 Å². The first-order valence-electron chi connectivity index (χ1n) is 6.28. The maximum Gasteiger partial charge on any atom is 0.306 e. The molecule has 0 aliphatic carbocycles. The van der Waals surface area contributed by atoms with Gasteiger partial charge in [0.25, 0.3) is 0 Å². The van der Waals surface area contributed by atoms with Crippen molar-refractivity contribution < 1.29 is 19.4 Å². The Morgan fingerprint density at radius 3 is 2.12 bits per heavy atom. The van der Waals surface area contributed by atoms with Crippen LogP contribution in [0.5, 0.6) is 0 Å². The number of hydrogen-bond acceptors (Lipinski definition) is 3. The fraction of sp³-hybridized carbons (Fsp3) is 0.833. The van der Waals surface area contributed by atoms with E-state index in [4.69, 9.17) is 9.84 Å². The summed E-state index contributed by atoms with van der Waals surface area (Å²) in [5.74, 6) is -0.723. The van der Waals surface area contributed by atoms with Gasteiger partial charge in [-0.3, -0.25) is 9.59 Å². The summed E-state index contributed by atoms with van der Waals surface area (Å²) in [6.07, 6.45) is 2.78. The lowest BCUT2D eigenvalue weighted by atomic mass is 9.93. The van der Waals surface area contributed by atoms with E-state index in [1.54, 1.807) is 0 Å². The molecule has 0 radical (unpaired) electrons. The Bertz CT molecular complexity index is 291. The number of aliphatic carboxylic acids is 1. The Morgan fingerprint density at radius 2 is 1.59 bits per heavy atom. The summed E-state index contributed by atoms with van der Waals surface area (Å²) in [5.41, 5.74) is 0. The molecule has 1 N–H and O–H groups in total. The quantitative estimate of drug-likeness (QED) is 0.774.